The van der Waals surface area contributed by atoms with Gasteiger partial charge in [-0.1, -0.05) is 48.2 Å². The number of rotatable bonds is 6. The second-order valence-corrected chi connectivity index (χ2v) is 7.24. The highest BCUT2D eigenvalue weighted by Gasteiger charge is 2.17. The van der Waals surface area contributed by atoms with Crippen LogP contribution >= 0.6 is 0 Å². The lowest BCUT2D eigenvalue weighted by Crippen LogP contribution is -2.14. The van der Waals surface area contributed by atoms with Gasteiger partial charge < -0.3 is 9.47 Å². The highest BCUT2D eigenvalue weighted by Crippen LogP contribution is 2.26. The first-order chi connectivity index (χ1) is 14.0. The molecule has 0 aliphatic carbocycles. The monoisotopic (exact) mass is 388 g/mol. The zero-order chi connectivity index (χ0) is 20.7. The number of benzene rings is 3. The number of halogens is 1. The SMILES string of the molecule is CCOc1ccc(C(C)(C)C#CCc2ccc(F)c(Oc3ccccc3)c2)cc1. The van der Waals surface area contributed by atoms with Gasteiger partial charge in [0.2, 0.25) is 0 Å². The predicted molar refractivity (Wildman–Crippen MR) is 115 cm³/mol. The molecular weight excluding hydrogens is 363 g/mol. The van der Waals surface area contributed by atoms with Crippen LogP contribution in [0.1, 0.15) is 31.9 Å². The van der Waals surface area contributed by atoms with Crippen molar-refractivity contribution in [2.45, 2.75) is 32.6 Å². The van der Waals surface area contributed by atoms with Gasteiger partial charge in [-0.05, 0) is 68.3 Å². The largest absolute Gasteiger partial charge is 0.494 e. The molecule has 0 aliphatic rings. The number of hydrogen-bond donors (Lipinski definition) is 0. The van der Waals surface area contributed by atoms with Gasteiger partial charge in [0.25, 0.3) is 0 Å². The summed E-state index contributed by atoms with van der Waals surface area (Å²) in [5, 5.41) is 0. The van der Waals surface area contributed by atoms with Crippen LogP contribution in [0.25, 0.3) is 0 Å². The number of para-hydroxylation sites is 1. The molecule has 0 N–H and O–H groups in total. The second kappa shape index (κ2) is 9.30. The lowest BCUT2D eigenvalue weighted by Gasteiger charge is -2.18. The Balaban J connectivity index is 1.71. The van der Waals surface area contributed by atoms with E-state index >= 15 is 0 Å². The molecular formula is C26H25FO2. The molecule has 3 heteroatoms. The molecule has 0 unspecified atom stereocenters. The highest BCUT2D eigenvalue weighted by atomic mass is 19.1. The van der Waals surface area contributed by atoms with Gasteiger partial charge in [0.1, 0.15) is 11.5 Å². The average molecular weight is 388 g/mol. The summed E-state index contributed by atoms with van der Waals surface area (Å²) in [6, 6.07) is 22.1. The maximum Gasteiger partial charge on any atom is 0.165 e. The van der Waals surface area contributed by atoms with Crippen molar-refractivity contribution in [2.24, 2.45) is 0 Å². The molecule has 3 aromatic rings. The summed E-state index contributed by atoms with van der Waals surface area (Å²) in [7, 11) is 0. The van der Waals surface area contributed by atoms with Crippen LogP contribution in [0.2, 0.25) is 0 Å². The third kappa shape index (κ3) is 5.62. The molecule has 0 aliphatic heterocycles. The van der Waals surface area contributed by atoms with Crippen LogP contribution < -0.4 is 9.47 Å². The minimum absolute atomic E-state index is 0.210. The number of hydrogen-bond acceptors (Lipinski definition) is 2. The topological polar surface area (TPSA) is 18.5 Å². The highest BCUT2D eigenvalue weighted by molar-refractivity contribution is 5.39. The Labute approximate surface area is 172 Å². The van der Waals surface area contributed by atoms with Crippen molar-refractivity contribution in [2.75, 3.05) is 6.61 Å². The molecule has 0 bridgehead atoms. The fourth-order valence-corrected chi connectivity index (χ4v) is 2.93. The maximum absolute atomic E-state index is 14.1. The van der Waals surface area contributed by atoms with Crippen LogP contribution in [-0.4, -0.2) is 6.61 Å². The fraction of sp³-hybridized carbons (Fsp3) is 0.231. The first-order valence-corrected chi connectivity index (χ1v) is 9.72. The van der Waals surface area contributed by atoms with Crippen LogP contribution in [0, 0.1) is 17.7 Å². The summed E-state index contributed by atoms with van der Waals surface area (Å²) in [6.45, 7) is 6.79. The second-order valence-electron chi connectivity index (χ2n) is 7.24. The molecule has 0 saturated carbocycles. The first-order valence-electron chi connectivity index (χ1n) is 9.72. The minimum atomic E-state index is -0.389. The van der Waals surface area contributed by atoms with E-state index in [1.807, 2.05) is 49.4 Å². The molecule has 0 spiro atoms. The van der Waals surface area contributed by atoms with Gasteiger partial charge in [-0.25, -0.2) is 4.39 Å². The van der Waals surface area contributed by atoms with E-state index in [1.54, 1.807) is 24.3 Å². The molecule has 0 heterocycles. The van der Waals surface area contributed by atoms with E-state index in [0.717, 1.165) is 16.9 Å². The molecule has 0 saturated heterocycles. The summed E-state index contributed by atoms with van der Waals surface area (Å²) in [4.78, 5) is 0. The minimum Gasteiger partial charge on any atom is -0.494 e. The van der Waals surface area contributed by atoms with Crippen molar-refractivity contribution in [3.63, 3.8) is 0 Å². The normalized spacial score (nSPS) is 10.8. The lowest BCUT2D eigenvalue weighted by atomic mass is 9.85. The standard InChI is InChI=1S/C26H25FO2/c1-4-28-22-15-13-21(14-16-22)26(2,3)18-8-9-20-12-17-24(27)25(19-20)29-23-10-6-5-7-11-23/h5-7,10-17,19H,4,9H2,1-3H3. The molecule has 0 aromatic heterocycles. The Morgan fingerprint density at radius 1 is 0.897 bits per heavy atom. The van der Waals surface area contributed by atoms with Gasteiger partial charge in [0.05, 0.1) is 12.0 Å². The summed E-state index contributed by atoms with van der Waals surface area (Å²) in [5.41, 5.74) is 1.74. The zero-order valence-corrected chi connectivity index (χ0v) is 17.0. The van der Waals surface area contributed by atoms with Crippen molar-refractivity contribution in [1.29, 1.82) is 0 Å². The molecule has 0 radical (unpaired) electrons. The van der Waals surface area contributed by atoms with Crippen molar-refractivity contribution in [1.82, 2.24) is 0 Å². The van der Waals surface area contributed by atoms with Gasteiger partial charge >= 0.3 is 0 Å². The van der Waals surface area contributed by atoms with E-state index in [4.69, 9.17) is 9.47 Å². The Bertz CT molecular complexity index is 996. The van der Waals surface area contributed by atoms with E-state index < -0.39 is 0 Å². The van der Waals surface area contributed by atoms with Crippen LogP contribution in [0.5, 0.6) is 17.2 Å². The molecule has 0 atom stereocenters. The predicted octanol–water partition coefficient (Wildman–Crippen LogP) is 6.54. The first kappa shape index (κ1) is 20.5. The van der Waals surface area contributed by atoms with Gasteiger partial charge in [-0.15, -0.1) is 0 Å². The van der Waals surface area contributed by atoms with E-state index in [2.05, 4.69) is 25.7 Å². The third-order valence-corrected chi connectivity index (χ3v) is 4.55. The number of ether oxygens (including phenoxy) is 2. The average Bonchev–Trinajstić information content (AvgIpc) is 2.72. The van der Waals surface area contributed by atoms with Gasteiger partial charge in [0.15, 0.2) is 11.6 Å². The molecule has 29 heavy (non-hydrogen) atoms. The van der Waals surface area contributed by atoms with Crippen molar-refractivity contribution >= 4 is 0 Å². The molecule has 0 amide bonds. The van der Waals surface area contributed by atoms with E-state index in [0.29, 0.717) is 18.8 Å². The van der Waals surface area contributed by atoms with Crippen LogP contribution in [0.3, 0.4) is 0 Å². The molecule has 0 fully saturated rings. The Hall–Kier alpha value is -3.25. The van der Waals surface area contributed by atoms with E-state index in [1.165, 1.54) is 6.07 Å². The van der Waals surface area contributed by atoms with Gasteiger partial charge in [-0.3, -0.25) is 0 Å². The van der Waals surface area contributed by atoms with Crippen LogP contribution in [-0.2, 0) is 11.8 Å². The van der Waals surface area contributed by atoms with Crippen LogP contribution in [0.4, 0.5) is 4.39 Å². The zero-order valence-electron chi connectivity index (χ0n) is 17.0. The van der Waals surface area contributed by atoms with Crippen molar-refractivity contribution in [3.8, 4) is 29.1 Å². The van der Waals surface area contributed by atoms with Crippen molar-refractivity contribution in [3.05, 3.63) is 89.7 Å². The molecule has 3 aromatic carbocycles. The molecule has 148 valence electrons. The summed E-state index contributed by atoms with van der Waals surface area (Å²) in [6.07, 6.45) is 0.520. The third-order valence-electron chi connectivity index (χ3n) is 4.55. The maximum atomic E-state index is 14.1. The Morgan fingerprint density at radius 2 is 1.62 bits per heavy atom. The lowest BCUT2D eigenvalue weighted by molar-refractivity contribution is 0.340. The van der Waals surface area contributed by atoms with E-state index in [-0.39, 0.29) is 17.0 Å². The molecule has 3 rings (SSSR count). The quantitative estimate of drug-likeness (QED) is 0.446. The Kier molecular flexibility index (Phi) is 6.57. The van der Waals surface area contributed by atoms with Gasteiger partial charge in [0, 0.05) is 6.42 Å². The summed E-state index contributed by atoms with van der Waals surface area (Å²) >= 11 is 0. The summed E-state index contributed by atoms with van der Waals surface area (Å²) < 4.78 is 25.3. The molecule has 2 nitrogen and oxygen atoms in total. The smallest absolute Gasteiger partial charge is 0.165 e. The van der Waals surface area contributed by atoms with Crippen molar-refractivity contribution < 1.29 is 13.9 Å². The van der Waals surface area contributed by atoms with E-state index in [9.17, 15) is 4.39 Å². The summed E-state index contributed by atoms with van der Waals surface area (Å²) in [5.74, 6) is 7.85. The fourth-order valence-electron chi connectivity index (χ4n) is 2.93. The Morgan fingerprint density at radius 3 is 2.31 bits per heavy atom. The van der Waals surface area contributed by atoms with Crippen LogP contribution in [0.15, 0.2) is 72.8 Å². The van der Waals surface area contributed by atoms with Gasteiger partial charge in [-0.2, -0.15) is 0 Å².